The van der Waals surface area contributed by atoms with Crippen molar-refractivity contribution < 1.29 is 0 Å². The minimum atomic E-state index is 0.341. The van der Waals surface area contributed by atoms with Crippen molar-refractivity contribution in [2.75, 3.05) is 27.2 Å². The number of hydrogen-bond donors (Lipinski definition) is 1. The SMILES string of the molecule is CN(C)CCCNC1c2ccccc2Cc2ccccc21. The predicted octanol–water partition coefficient (Wildman–Crippen LogP) is 3.22. The van der Waals surface area contributed by atoms with E-state index in [4.69, 9.17) is 0 Å². The van der Waals surface area contributed by atoms with Gasteiger partial charge in [0.05, 0.1) is 6.04 Å². The zero-order chi connectivity index (χ0) is 14.7. The van der Waals surface area contributed by atoms with Crippen LogP contribution in [0.25, 0.3) is 0 Å². The van der Waals surface area contributed by atoms with Crippen LogP contribution in [-0.4, -0.2) is 32.1 Å². The van der Waals surface area contributed by atoms with Crippen LogP contribution in [0.15, 0.2) is 48.5 Å². The molecule has 0 spiro atoms. The largest absolute Gasteiger partial charge is 0.309 e. The van der Waals surface area contributed by atoms with E-state index in [2.05, 4.69) is 72.8 Å². The van der Waals surface area contributed by atoms with E-state index in [1.807, 2.05) is 0 Å². The average Bonchev–Trinajstić information content (AvgIpc) is 2.50. The summed E-state index contributed by atoms with van der Waals surface area (Å²) in [6.07, 6.45) is 2.23. The maximum Gasteiger partial charge on any atom is 0.0582 e. The van der Waals surface area contributed by atoms with Gasteiger partial charge in [-0.05, 0) is 62.3 Å². The van der Waals surface area contributed by atoms with Gasteiger partial charge in [0.2, 0.25) is 0 Å². The van der Waals surface area contributed by atoms with Crippen molar-refractivity contribution in [3.63, 3.8) is 0 Å². The van der Waals surface area contributed by atoms with Gasteiger partial charge in [-0.3, -0.25) is 0 Å². The van der Waals surface area contributed by atoms with E-state index in [1.165, 1.54) is 28.7 Å². The fraction of sp³-hybridized carbons (Fsp3) is 0.368. The van der Waals surface area contributed by atoms with Crippen LogP contribution in [0, 0.1) is 0 Å². The van der Waals surface area contributed by atoms with Crippen LogP contribution in [-0.2, 0) is 6.42 Å². The molecule has 0 aromatic heterocycles. The molecule has 0 unspecified atom stereocenters. The molecule has 1 aliphatic rings. The van der Waals surface area contributed by atoms with E-state index in [-0.39, 0.29) is 0 Å². The minimum absolute atomic E-state index is 0.341. The molecule has 0 atom stereocenters. The molecular weight excluding hydrogens is 256 g/mol. The monoisotopic (exact) mass is 280 g/mol. The third-order valence-corrected chi connectivity index (χ3v) is 4.24. The summed E-state index contributed by atoms with van der Waals surface area (Å²) in [6, 6.07) is 18.0. The zero-order valence-corrected chi connectivity index (χ0v) is 13.0. The molecule has 0 heterocycles. The summed E-state index contributed by atoms with van der Waals surface area (Å²) < 4.78 is 0. The number of hydrogen-bond acceptors (Lipinski definition) is 2. The summed E-state index contributed by atoms with van der Waals surface area (Å²) in [4.78, 5) is 2.24. The minimum Gasteiger partial charge on any atom is -0.309 e. The molecule has 0 aliphatic heterocycles. The summed E-state index contributed by atoms with van der Waals surface area (Å²) in [6.45, 7) is 2.18. The highest BCUT2D eigenvalue weighted by Crippen LogP contribution is 2.34. The molecule has 0 radical (unpaired) electrons. The molecule has 2 aromatic carbocycles. The normalized spacial score (nSPS) is 14.0. The number of rotatable bonds is 5. The first-order valence-electron chi connectivity index (χ1n) is 7.79. The highest BCUT2D eigenvalue weighted by atomic mass is 15.1. The van der Waals surface area contributed by atoms with Gasteiger partial charge in [-0.15, -0.1) is 0 Å². The Kier molecular flexibility index (Phi) is 4.37. The van der Waals surface area contributed by atoms with Crippen molar-refractivity contribution in [3.05, 3.63) is 70.8 Å². The second-order valence-electron chi connectivity index (χ2n) is 6.12. The smallest absolute Gasteiger partial charge is 0.0582 e. The molecule has 2 nitrogen and oxygen atoms in total. The first-order chi connectivity index (χ1) is 10.3. The maximum absolute atomic E-state index is 3.76. The van der Waals surface area contributed by atoms with E-state index in [0.29, 0.717) is 6.04 Å². The predicted molar refractivity (Wildman–Crippen MR) is 88.7 cm³/mol. The average molecular weight is 280 g/mol. The van der Waals surface area contributed by atoms with Crippen LogP contribution >= 0.6 is 0 Å². The van der Waals surface area contributed by atoms with Crippen LogP contribution in [0.5, 0.6) is 0 Å². The van der Waals surface area contributed by atoms with Crippen molar-refractivity contribution in [1.29, 1.82) is 0 Å². The fourth-order valence-corrected chi connectivity index (χ4v) is 3.19. The van der Waals surface area contributed by atoms with E-state index in [9.17, 15) is 0 Å². The summed E-state index contributed by atoms with van der Waals surface area (Å²) in [5.74, 6) is 0. The Morgan fingerprint density at radius 3 is 2.10 bits per heavy atom. The topological polar surface area (TPSA) is 15.3 Å². The van der Waals surface area contributed by atoms with Gasteiger partial charge in [0, 0.05) is 0 Å². The van der Waals surface area contributed by atoms with Crippen molar-refractivity contribution in [1.82, 2.24) is 10.2 Å². The van der Waals surface area contributed by atoms with Gasteiger partial charge in [-0.25, -0.2) is 0 Å². The van der Waals surface area contributed by atoms with Gasteiger partial charge in [0.25, 0.3) is 0 Å². The molecule has 2 aromatic rings. The lowest BCUT2D eigenvalue weighted by Crippen LogP contribution is -2.29. The van der Waals surface area contributed by atoms with Crippen LogP contribution in [0.2, 0.25) is 0 Å². The second kappa shape index (κ2) is 6.42. The highest BCUT2D eigenvalue weighted by Gasteiger charge is 2.23. The van der Waals surface area contributed by atoms with Crippen molar-refractivity contribution in [3.8, 4) is 0 Å². The van der Waals surface area contributed by atoms with Gasteiger partial charge in [-0.1, -0.05) is 48.5 Å². The van der Waals surface area contributed by atoms with Crippen molar-refractivity contribution in [2.45, 2.75) is 18.9 Å². The molecule has 3 rings (SSSR count). The Labute approximate surface area is 127 Å². The molecule has 1 N–H and O–H groups in total. The lowest BCUT2D eigenvalue weighted by molar-refractivity contribution is 0.390. The van der Waals surface area contributed by atoms with Crippen molar-refractivity contribution in [2.24, 2.45) is 0 Å². The van der Waals surface area contributed by atoms with Crippen LogP contribution in [0.4, 0.5) is 0 Å². The Balaban J connectivity index is 1.81. The number of nitrogens with zero attached hydrogens (tertiary/aromatic N) is 1. The highest BCUT2D eigenvalue weighted by molar-refractivity contribution is 5.48. The van der Waals surface area contributed by atoms with Crippen LogP contribution in [0.1, 0.15) is 34.7 Å². The van der Waals surface area contributed by atoms with E-state index < -0.39 is 0 Å². The molecule has 0 fully saturated rings. The third kappa shape index (κ3) is 3.17. The molecule has 110 valence electrons. The first kappa shape index (κ1) is 14.3. The second-order valence-corrected chi connectivity index (χ2v) is 6.12. The van der Waals surface area contributed by atoms with Crippen LogP contribution < -0.4 is 5.32 Å². The lowest BCUT2D eigenvalue weighted by atomic mass is 9.82. The maximum atomic E-state index is 3.76. The summed E-state index contributed by atoms with van der Waals surface area (Å²) in [5.41, 5.74) is 5.81. The summed E-state index contributed by atoms with van der Waals surface area (Å²) in [7, 11) is 4.26. The number of benzene rings is 2. The fourth-order valence-electron chi connectivity index (χ4n) is 3.19. The Morgan fingerprint density at radius 1 is 0.952 bits per heavy atom. The molecule has 1 aliphatic carbocycles. The Hall–Kier alpha value is -1.64. The van der Waals surface area contributed by atoms with Gasteiger partial charge >= 0.3 is 0 Å². The Bertz CT molecular complexity index is 559. The zero-order valence-electron chi connectivity index (χ0n) is 13.0. The molecule has 0 saturated carbocycles. The quantitative estimate of drug-likeness (QED) is 0.846. The molecular formula is C19H24N2. The standard InChI is InChI=1S/C19H24N2/c1-21(2)13-7-12-20-19-17-10-5-3-8-15(17)14-16-9-4-6-11-18(16)19/h3-6,8-11,19-20H,7,12-14H2,1-2H3. The molecule has 2 heteroatoms. The Morgan fingerprint density at radius 2 is 1.52 bits per heavy atom. The van der Waals surface area contributed by atoms with Gasteiger partial charge < -0.3 is 10.2 Å². The summed E-state index contributed by atoms with van der Waals surface area (Å²) >= 11 is 0. The third-order valence-electron chi connectivity index (χ3n) is 4.24. The lowest BCUT2D eigenvalue weighted by Gasteiger charge is -2.29. The van der Waals surface area contributed by atoms with Crippen LogP contribution in [0.3, 0.4) is 0 Å². The first-order valence-corrected chi connectivity index (χ1v) is 7.79. The van der Waals surface area contributed by atoms with Crippen molar-refractivity contribution >= 4 is 0 Å². The molecule has 0 saturated heterocycles. The molecule has 21 heavy (non-hydrogen) atoms. The number of nitrogens with one attached hydrogen (secondary N) is 1. The van der Waals surface area contributed by atoms with Gasteiger partial charge in [0.1, 0.15) is 0 Å². The van der Waals surface area contributed by atoms with E-state index in [0.717, 1.165) is 19.5 Å². The summed E-state index contributed by atoms with van der Waals surface area (Å²) in [5, 5.41) is 3.76. The molecule has 0 bridgehead atoms. The molecule has 0 amide bonds. The van der Waals surface area contributed by atoms with E-state index in [1.54, 1.807) is 0 Å². The van der Waals surface area contributed by atoms with E-state index >= 15 is 0 Å². The van der Waals surface area contributed by atoms with Gasteiger partial charge in [-0.2, -0.15) is 0 Å². The van der Waals surface area contributed by atoms with Gasteiger partial charge in [0.15, 0.2) is 0 Å². The number of fused-ring (bicyclic) bond motifs is 2.